The van der Waals surface area contributed by atoms with E-state index < -0.39 is 0 Å². The Kier molecular flexibility index (Phi) is 4.27. The van der Waals surface area contributed by atoms with Crippen LogP contribution in [0.3, 0.4) is 0 Å². The lowest BCUT2D eigenvalue weighted by molar-refractivity contribution is 0.0897. The zero-order valence-electron chi connectivity index (χ0n) is 12.2. The summed E-state index contributed by atoms with van der Waals surface area (Å²) in [5.41, 5.74) is 4.86. The van der Waals surface area contributed by atoms with Crippen LogP contribution in [0.25, 0.3) is 0 Å². The molecule has 1 aromatic heterocycles. The molecule has 1 N–H and O–H groups in total. The Hall–Kier alpha value is -1.39. The van der Waals surface area contributed by atoms with Crippen LogP contribution in [0.15, 0.2) is 34.9 Å². The highest BCUT2D eigenvalue weighted by molar-refractivity contribution is 9.10. The number of fused-ring (bicyclic) bond motifs is 1. The van der Waals surface area contributed by atoms with Gasteiger partial charge in [0.25, 0.3) is 0 Å². The SMILES string of the molecule is Cc1cccc(CCC(=O)n2c(Br)cc3c2CCNC3)c1. The highest BCUT2D eigenvalue weighted by Gasteiger charge is 2.20. The molecule has 0 aliphatic carbocycles. The van der Waals surface area contributed by atoms with Crippen molar-refractivity contribution in [2.75, 3.05) is 6.54 Å². The summed E-state index contributed by atoms with van der Waals surface area (Å²) in [4.78, 5) is 12.6. The number of aromatic nitrogens is 1. The van der Waals surface area contributed by atoms with E-state index in [1.807, 2.05) is 10.6 Å². The minimum absolute atomic E-state index is 0.173. The normalized spacial score (nSPS) is 14.0. The number of carbonyl (C=O) groups is 1. The number of hydrogen-bond acceptors (Lipinski definition) is 2. The van der Waals surface area contributed by atoms with Crippen LogP contribution in [0, 0.1) is 6.92 Å². The smallest absolute Gasteiger partial charge is 0.232 e. The molecule has 1 aliphatic heterocycles. The van der Waals surface area contributed by atoms with Gasteiger partial charge in [-0.05, 0) is 46.5 Å². The quantitative estimate of drug-likeness (QED) is 0.922. The van der Waals surface area contributed by atoms with E-state index in [0.717, 1.165) is 36.2 Å². The summed E-state index contributed by atoms with van der Waals surface area (Å²) in [6.07, 6.45) is 2.24. The van der Waals surface area contributed by atoms with E-state index in [4.69, 9.17) is 0 Å². The third kappa shape index (κ3) is 3.11. The number of nitrogens with one attached hydrogen (secondary N) is 1. The second-order valence-corrected chi connectivity index (χ2v) is 6.40. The van der Waals surface area contributed by atoms with Crippen molar-refractivity contribution in [3.8, 4) is 0 Å². The van der Waals surface area contributed by atoms with E-state index in [-0.39, 0.29) is 5.91 Å². The molecule has 110 valence electrons. The van der Waals surface area contributed by atoms with Crippen molar-refractivity contribution >= 4 is 21.8 Å². The molecule has 21 heavy (non-hydrogen) atoms. The molecule has 0 spiro atoms. The molecule has 2 heterocycles. The highest BCUT2D eigenvalue weighted by Crippen LogP contribution is 2.24. The minimum Gasteiger partial charge on any atom is -0.312 e. The fraction of sp³-hybridized carbons (Fsp3) is 0.353. The molecule has 1 aromatic carbocycles. The molecule has 0 saturated carbocycles. The molecule has 4 heteroatoms. The number of carbonyl (C=O) groups excluding carboxylic acids is 1. The summed E-state index contributed by atoms with van der Waals surface area (Å²) in [7, 11) is 0. The van der Waals surface area contributed by atoms with Crippen LogP contribution >= 0.6 is 15.9 Å². The maximum absolute atomic E-state index is 12.6. The predicted octanol–water partition coefficient (Wildman–Crippen LogP) is 3.48. The zero-order chi connectivity index (χ0) is 14.8. The Morgan fingerprint density at radius 1 is 1.38 bits per heavy atom. The average molecular weight is 347 g/mol. The van der Waals surface area contributed by atoms with Gasteiger partial charge in [-0.1, -0.05) is 29.8 Å². The van der Waals surface area contributed by atoms with Gasteiger partial charge in [-0.2, -0.15) is 0 Å². The van der Waals surface area contributed by atoms with Crippen molar-refractivity contribution in [1.82, 2.24) is 9.88 Å². The van der Waals surface area contributed by atoms with Crippen LogP contribution in [-0.4, -0.2) is 17.0 Å². The molecule has 0 fully saturated rings. The number of rotatable bonds is 3. The summed E-state index contributed by atoms with van der Waals surface area (Å²) >= 11 is 3.53. The first-order valence-electron chi connectivity index (χ1n) is 7.33. The maximum atomic E-state index is 12.6. The van der Waals surface area contributed by atoms with Crippen LogP contribution in [0.1, 0.15) is 33.6 Å². The number of nitrogens with zero attached hydrogens (tertiary/aromatic N) is 1. The summed E-state index contributed by atoms with van der Waals surface area (Å²) in [5.74, 6) is 0.173. The molecule has 0 atom stereocenters. The van der Waals surface area contributed by atoms with E-state index >= 15 is 0 Å². The maximum Gasteiger partial charge on any atom is 0.232 e. The molecular weight excluding hydrogens is 328 g/mol. The third-order valence-electron chi connectivity index (χ3n) is 3.96. The second-order valence-electron chi connectivity index (χ2n) is 5.58. The van der Waals surface area contributed by atoms with E-state index in [0.29, 0.717) is 6.42 Å². The van der Waals surface area contributed by atoms with Gasteiger partial charge in [-0.15, -0.1) is 0 Å². The average Bonchev–Trinajstić information content (AvgIpc) is 2.81. The lowest BCUT2D eigenvalue weighted by Gasteiger charge is -2.16. The van der Waals surface area contributed by atoms with Gasteiger partial charge in [0.05, 0.1) is 4.60 Å². The first-order chi connectivity index (χ1) is 10.1. The molecule has 0 amide bonds. The molecule has 0 saturated heterocycles. The van der Waals surface area contributed by atoms with Gasteiger partial charge in [0.2, 0.25) is 5.91 Å². The van der Waals surface area contributed by atoms with Crippen molar-refractivity contribution in [3.63, 3.8) is 0 Å². The van der Waals surface area contributed by atoms with Crippen LogP contribution in [0.4, 0.5) is 0 Å². The molecule has 0 radical (unpaired) electrons. The Labute approximate surface area is 133 Å². The predicted molar refractivity (Wildman–Crippen MR) is 87.7 cm³/mol. The van der Waals surface area contributed by atoms with E-state index in [1.54, 1.807) is 0 Å². The van der Waals surface area contributed by atoms with Crippen molar-refractivity contribution in [1.29, 1.82) is 0 Å². The largest absolute Gasteiger partial charge is 0.312 e. The third-order valence-corrected chi connectivity index (χ3v) is 4.54. The van der Waals surface area contributed by atoms with Crippen molar-refractivity contribution in [3.05, 3.63) is 57.3 Å². The Bertz CT molecular complexity index is 675. The van der Waals surface area contributed by atoms with Gasteiger partial charge in [-0.25, -0.2) is 0 Å². The number of benzene rings is 1. The lowest BCUT2D eigenvalue weighted by Crippen LogP contribution is -2.26. The molecular formula is C17H19BrN2O. The summed E-state index contributed by atoms with van der Waals surface area (Å²) in [5, 5.41) is 3.34. The summed E-state index contributed by atoms with van der Waals surface area (Å²) < 4.78 is 2.73. The van der Waals surface area contributed by atoms with Gasteiger partial charge in [-0.3, -0.25) is 9.36 Å². The van der Waals surface area contributed by atoms with Gasteiger partial charge < -0.3 is 5.32 Å². The van der Waals surface area contributed by atoms with Crippen molar-refractivity contribution in [2.24, 2.45) is 0 Å². The van der Waals surface area contributed by atoms with Crippen LogP contribution in [-0.2, 0) is 19.4 Å². The van der Waals surface area contributed by atoms with E-state index in [1.165, 1.54) is 16.7 Å². The number of hydrogen-bond donors (Lipinski definition) is 1. The summed E-state index contributed by atoms with van der Waals surface area (Å²) in [6.45, 7) is 3.87. The topological polar surface area (TPSA) is 34.0 Å². The summed E-state index contributed by atoms with van der Waals surface area (Å²) in [6, 6.07) is 10.4. The van der Waals surface area contributed by atoms with Crippen LogP contribution in [0.2, 0.25) is 0 Å². The number of aryl methyl sites for hydroxylation is 2. The molecule has 2 aromatic rings. The van der Waals surface area contributed by atoms with Gasteiger partial charge in [0.15, 0.2) is 0 Å². The lowest BCUT2D eigenvalue weighted by atomic mass is 10.1. The number of halogens is 1. The molecule has 1 aliphatic rings. The van der Waals surface area contributed by atoms with Gasteiger partial charge in [0, 0.05) is 31.6 Å². The van der Waals surface area contributed by atoms with Gasteiger partial charge in [0.1, 0.15) is 0 Å². The van der Waals surface area contributed by atoms with Gasteiger partial charge >= 0.3 is 0 Å². The monoisotopic (exact) mass is 346 g/mol. The second kappa shape index (κ2) is 6.16. The van der Waals surface area contributed by atoms with Crippen molar-refractivity contribution < 1.29 is 4.79 Å². The minimum atomic E-state index is 0.173. The van der Waals surface area contributed by atoms with E-state index in [2.05, 4.69) is 52.4 Å². The fourth-order valence-electron chi connectivity index (χ4n) is 2.92. The Balaban J connectivity index is 1.75. The first kappa shape index (κ1) is 14.5. The standard InChI is InChI=1S/C17H19BrN2O/c1-12-3-2-4-13(9-12)5-6-17(21)20-15-7-8-19-11-14(15)10-16(20)18/h2-4,9-10,19H,5-8,11H2,1H3. The van der Waals surface area contributed by atoms with Crippen LogP contribution in [0.5, 0.6) is 0 Å². The zero-order valence-corrected chi connectivity index (χ0v) is 13.7. The first-order valence-corrected chi connectivity index (χ1v) is 8.13. The Morgan fingerprint density at radius 3 is 3.05 bits per heavy atom. The fourth-order valence-corrected chi connectivity index (χ4v) is 3.61. The Morgan fingerprint density at radius 2 is 2.24 bits per heavy atom. The molecule has 0 unspecified atom stereocenters. The van der Waals surface area contributed by atoms with Crippen molar-refractivity contribution in [2.45, 2.75) is 32.7 Å². The van der Waals surface area contributed by atoms with Crippen LogP contribution < -0.4 is 5.32 Å². The molecule has 3 rings (SSSR count). The molecule has 3 nitrogen and oxygen atoms in total. The molecule has 0 bridgehead atoms. The van der Waals surface area contributed by atoms with E-state index in [9.17, 15) is 4.79 Å². The highest BCUT2D eigenvalue weighted by atomic mass is 79.9.